The smallest absolute Gasteiger partial charge is 0.222 e. The van der Waals surface area contributed by atoms with Crippen molar-refractivity contribution in [2.75, 3.05) is 18.4 Å². The number of imidazole rings is 1. The molecule has 8 nitrogen and oxygen atoms in total. The topological polar surface area (TPSA) is 88.8 Å². The van der Waals surface area contributed by atoms with Crippen LogP contribution >= 0.6 is 11.3 Å². The van der Waals surface area contributed by atoms with E-state index >= 15 is 0 Å². The minimum atomic E-state index is 0.00426. The second kappa shape index (κ2) is 7.37. The predicted molar refractivity (Wildman–Crippen MR) is 115 cm³/mol. The van der Waals surface area contributed by atoms with Crippen molar-refractivity contribution in [3.05, 3.63) is 17.5 Å². The molecule has 3 aromatic heterocycles. The van der Waals surface area contributed by atoms with Gasteiger partial charge in [-0.05, 0) is 6.42 Å². The van der Waals surface area contributed by atoms with Gasteiger partial charge in [-0.25, -0.2) is 19.9 Å². The maximum absolute atomic E-state index is 12.0. The van der Waals surface area contributed by atoms with Crippen molar-refractivity contribution in [3.63, 3.8) is 0 Å². The van der Waals surface area contributed by atoms with Crippen molar-refractivity contribution in [1.82, 2.24) is 29.4 Å². The zero-order chi connectivity index (χ0) is 20.8. The average Bonchev–Trinajstić information content (AvgIpc) is 3.40. The van der Waals surface area contributed by atoms with E-state index in [9.17, 15) is 4.79 Å². The fraction of sp³-hybridized carbons (Fsp3) is 0.550. The van der Waals surface area contributed by atoms with Crippen LogP contribution in [0.3, 0.4) is 0 Å². The monoisotopic (exact) mass is 413 g/mol. The number of aryl methyl sites for hydroxylation is 1. The molecule has 0 bridgehead atoms. The second-order valence-corrected chi connectivity index (χ2v) is 9.52. The van der Waals surface area contributed by atoms with Gasteiger partial charge >= 0.3 is 0 Å². The summed E-state index contributed by atoms with van der Waals surface area (Å²) < 4.78 is 1.99. The van der Waals surface area contributed by atoms with Crippen molar-refractivity contribution < 1.29 is 4.79 Å². The fourth-order valence-corrected chi connectivity index (χ4v) is 4.57. The van der Waals surface area contributed by atoms with E-state index in [-0.39, 0.29) is 17.4 Å². The minimum absolute atomic E-state index is 0.00426. The van der Waals surface area contributed by atoms with Crippen LogP contribution < -0.4 is 5.32 Å². The molecule has 1 saturated heterocycles. The van der Waals surface area contributed by atoms with Gasteiger partial charge in [-0.1, -0.05) is 27.7 Å². The summed E-state index contributed by atoms with van der Waals surface area (Å²) in [6.07, 6.45) is 4.89. The van der Waals surface area contributed by atoms with Gasteiger partial charge in [-0.15, -0.1) is 11.3 Å². The van der Waals surface area contributed by atoms with E-state index < -0.39 is 0 Å². The first kappa shape index (κ1) is 19.8. The van der Waals surface area contributed by atoms with Gasteiger partial charge in [0.2, 0.25) is 5.91 Å². The first-order chi connectivity index (χ1) is 13.8. The molecule has 154 valence electrons. The van der Waals surface area contributed by atoms with Crippen molar-refractivity contribution in [2.24, 2.45) is 7.05 Å². The molecule has 0 spiro atoms. The van der Waals surface area contributed by atoms with Gasteiger partial charge in [0, 0.05) is 44.2 Å². The Kier molecular flexibility index (Phi) is 5.02. The lowest BCUT2D eigenvalue weighted by Crippen LogP contribution is -2.31. The molecule has 0 saturated carbocycles. The number of hydrogen-bond acceptors (Lipinski definition) is 7. The molecule has 0 aliphatic carbocycles. The number of carbonyl (C=O) groups excluding carboxylic acids is 1. The van der Waals surface area contributed by atoms with Gasteiger partial charge in [-0.2, -0.15) is 0 Å². The van der Waals surface area contributed by atoms with Gasteiger partial charge in [0.05, 0.1) is 9.88 Å². The Bertz CT molecular complexity index is 1050. The molecule has 1 atom stereocenters. The zero-order valence-electron chi connectivity index (χ0n) is 17.6. The summed E-state index contributed by atoms with van der Waals surface area (Å²) in [6.45, 7) is 9.85. The predicted octanol–water partition coefficient (Wildman–Crippen LogP) is 3.21. The highest BCUT2D eigenvalue weighted by Crippen LogP contribution is 2.34. The van der Waals surface area contributed by atoms with Crippen LogP contribution in [0, 0.1) is 0 Å². The maximum atomic E-state index is 12.0. The van der Waals surface area contributed by atoms with E-state index in [1.54, 1.807) is 17.7 Å². The molecule has 0 radical (unpaired) electrons. The summed E-state index contributed by atoms with van der Waals surface area (Å²) >= 11 is 1.66. The number of nitrogens with one attached hydrogen (secondary N) is 1. The van der Waals surface area contributed by atoms with E-state index in [2.05, 4.69) is 41.0 Å². The van der Waals surface area contributed by atoms with Crippen molar-refractivity contribution in [3.8, 4) is 10.7 Å². The van der Waals surface area contributed by atoms with Crippen molar-refractivity contribution in [1.29, 1.82) is 0 Å². The Morgan fingerprint density at radius 3 is 2.79 bits per heavy atom. The summed E-state index contributed by atoms with van der Waals surface area (Å²) in [5.41, 5.74) is 1.53. The lowest BCUT2D eigenvalue weighted by Gasteiger charge is -2.16. The van der Waals surface area contributed by atoms with Crippen LogP contribution in [0.4, 0.5) is 5.82 Å². The molecule has 1 fully saturated rings. The Morgan fingerprint density at radius 1 is 1.31 bits per heavy atom. The molecule has 4 heterocycles. The number of thiazole rings is 1. The molecular weight excluding hydrogens is 386 g/mol. The molecule has 1 amide bonds. The quantitative estimate of drug-likeness (QED) is 0.706. The van der Waals surface area contributed by atoms with Gasteiger partial charge < -0.3 is 14.8 Å². The first-order valence-corrected chi connectivity index (χ1v) is 10.8. The number of rotatable bonds is 4. The lowest BCUT2D eigenvalue weighted by atomic mass is 9.98. The Morgan fingerprint density at radius 2 is 2.10 bits per heavy atom. The third kappa shape index (κ3) is 3.71. The Balaban J connectivity index is 1.63. The molecule has 29 heavy (non-hydrogen) atoms. The molecule has 9 heteroatoms. The zero-order valence-corrected chi connectivity index (χ0v) is 18.4. The summed E-state index contributed by atoms with van der Waals surface area (Å²) in [4.78, 5) is 33.2. The highest BCUT2D eigenvalue weighted by Gasteiger charge is 2.27. The van der Waals surface area contributed by atoms with Gasteiger partial charge in [0.25, 0.3) is 0 Å². The van der Waals surface area contributed by atoms with Crippen LogP contribution in [0.25, 0.3) is 21.9 Å². The minimum Gasteiger partial charge on any atom is -0.364 e. The highest BCUT2D eigenvalue weighted by molar-refractivity contribution is 7.15. The van der Waals surface area contributed by atoms with Gasteiger partial charge in [0.15, 0.2) is 22.8 Å². The van der Waals surface area contributed by atoms with E-state index in [0.717, 1.165) is 39.8 Å². The van der Waals surface area contributed by atoms with Crippen LogP contribution in [0.5, 0.6) is 0 Å². The molecule has 1 aliphatic rings. The van der Waals surface area contributed by atoms with E-state index in [1.165, 1.54) is 0 Å². The standard InChI is InChI=1S/C20H27N7OS/c1-6-14(28)27-8-7-12(10-27)24-16-15-18(23-11-22-16)26(5)17(25-15)13-9-21-19(29-13)20(2,3)4/h9,11-12H,6-8,10H2,1-5H3,(H,22,23,24)/t12-/m0/s1. The molecule has 0 aromatic carbocycles. The second-order valence-electron chi connectivity index (χ2n) is 8.49. The highest BCUT2D eigenvalue weighted by atomic mass is 32.1. The number of fused-ring (bicyclic) bond motifs is 1. The van der Waals surface area contributed by atoms with E-state index in [1.807, 2.05) is 29.6 Å². The first-order valence-electron chi connectivity index (χ1n) is 9.96. The summed E-state index contributed by atoms with van der Waals surface area (Å²) in [7, 11) is 1.97. The summed E-state index contributed by atoms with van der Waals surface area (Å²) in [5, 5.41) is 4.56. The van der Waals surface area contributed by atoms with Gasteiger partial charge in [0.1, 0.15) is 6.33 Å². The van der Waals surface area contributed by atoms with E-state index in [4.69, 9.17) is 4.98 Å². The van der Waals surface area contributed by atoms with Crippen LogP contribution in [-0.2, 0) is 17.3 Å². The normalized spacial score (nSPS) is 17.3. The van der Waals surface area contributed by atoms with Gasteiger partial charge in [-0.3, -0.25) is 4.79 Å². The molecule has 3 aromatic rings. The summed E-state index contributed by atoms with van der Waals surface area (Å²) in [6, 6.07) is 0.171. The molecule has 0 unspecified atom stereocenters. The molecular formula is C20H27N7OS. The Hall–Kier alpha value is -2.55. The number of aromatic nitrogens is 5. The van der Waals surface area contributed by atoms with Crippen LogP contribution in [0.1, 0.15) is 45.5 Å². The number of hydrogen-bond donors (Lipinski definition) is 1. The van der Waals surface area contributed by atoms with Crippen LogP contribution in [0.15, 0.2) is 12.5 Å². The van der Waals surface area contributed by atoms with E-state index in [0.29, 0.717) is 18.8 Å². The van der Waals surface area contributed by atoms with Crippen molar-refractivity contribution >= 4 is 34.2 Å². The van der Waals surface area contributed by atoms with Crippen molar-refractivity contribution in [2.45, 2.75) is 52.0 Å². The number of nitrogens with zero attached hydrogens (tertiary/aromatic N) is 6. The fourth-order valence-electron chi connectivity index (χ4n) is 3.57. The molecule has 4 rings (SSSR count). The maximum Gasteiger partial charge on any atom is 0.222 e. The van der Waals surface area contributed by atoms with Crippen LogP contribution in [0.2, 0.25) is 0 Å². The summed E-state index contributed by atoms with van der Waals surface area (Å²) in [5.74, 6) is 1.75. The lowest BCUT2D eigenvalue weighted by molar-refractivity contribution is -0.129. The molecule has 1 N–H and O–H groups in total. The number of carbonyl (C=O) groups is 1. The average molecular weight is 414 g/mol. The van der Waals surface area contributed by atoms with Crippen LogP contribution in [-0.4, -0.2) is 54.4 Å². The third-order valence-corrected chi connectivity index (χ3v) is 6.63. The SMILES string of the molecule is CCC(=O)N1CC[C@H](Nc2ncnc3c2nc(-c2cnc(C(C)(C)C)s2)n3C)C1. The largest absolute Gasteiger partial charge is 0.364 e. The molecule has 1 aliphatic heterocycles. The number of anilines is 1. The Labute approximate surface area is 174 Å². The number of likely N-dealkylation sites (tertiary alicyclic amines) is 1. The third-order valence-electron chi connectivity index (χ3n) is 5.21. The number of amides is 1.